The molecule has 0 spiro atoms. The van der Waals surface area contributed by atoms with Crippen LogP contribution in [-0.4, -0.2) is 20.3 Å². The number of aryl methyl sites for hydroxylation is 1. The molecule has 0 atom stereocenters. The second kappa shape index (κ2) is 8.65. The topological polar surface area (TPSA) is 30.5 Å². The number of hydrogen-bond acceptors (Lipinski definition) is 3. The Balaban J connectivity index is 1.79. The lowest BCUT2D eigenvalue weighted by Crippen LogP contribution is -2.15. The number of rotatable bonds is 8. The maximum Gasteiger partial charge on any atom is 0.124 e. The van der Waals surface area contributed by atoms with Crippen LogP contribution >= 0.6 is 0 Å². The van der Waals surface area contributed by atoms with Crippen molar-refractivity contribution in [2.45, 2.75) is 20.0 Å². The van der Waals surface area contributed by atoms with Gasteiger partial charge in [0.2, 0.25) is 0 Å². The quantitative estimate of drug-likeness (QED) is 0.616. The third kappa shape index (κ3) is 4.38. The Labute approximate surface area is 149 Å². The molecule has 3 aromatic carbocycles. The van der Waals surface area contributed by atoms with Crippen LogP contribution in [0.2, 0.25) is 0 Å². The molecule has 3 nitrogen and oxygen atoms in total. The Morgan fingerprint density at radius 3 is 2.48 bits per heavy atom. The molecule has 0 aliphatic carbocycles. The van der Waals surface area contributed by atoms with Gasteiger partial charge in [-0.2, -0.15) is 0 Å². The standard InChI is InChI=1S/C22H25NO2/c1-17-7-3-4-9-19(17)15-23-16-21-20-10-6-5-8-18(20)11-12-22(21)25-14-13-24-2/h3-12,23H,13-16H2,1-2H3. The largest absolute Gasteiger partial charge is 0.491 e. The van der Waals surface area contributed by atoms with E-state index in [0.29, 0.717) is 13.2 Å². The molecule has 3 rings (SSSR count). The fourth-order valence-electron chi connectivity index (χ4n) is 3.00. The van der Waals surface area contributed by atoms with Gasteiger partial charge in [0.25, 0.3) is 0 Å². The van der Waals surface area contributed by atoms with Crippen molar-refractivity contribution in [3.63, 3.8) is 0 Å². The fraction of sp³-hybridized carbons (Fsp3) is 0.273. The molecule has 0 aromatic heterocycles. The predicted molar refractivity (Wildman–Crippen MR) is 103 cm³/mol. The summed E-state index contributed by atoms with van der Waals surface area (Å²) in [5, 5.41) is 6.03. The van der Waals surface area contributed by atoms with E-state index in [4.69, 9.17) is 9.47 Å². The second-order valence-electron chi connectivity index (χ2n) is 6.13. The molecule has 1 N–H and O–H groups in total. The van der Waals surface area contributed by atoms with Crippen molar-refractivity contribution in [3.05, 3.63) is 77.4 Å². The Hall–Kier alpha value is -2.36. The number of nitrogens with one attached hydrogen (secondary N) is 1. The molecule has 0 aliphatic heterocycles. The summed E-state index contributed by atoms with van der Waals surface area (Å²) in [5.41, 5.74) is 3.83. The monoisotopic (exact) mass is 335 g/mol. The number of ether oxygens (including phenoxy) is 2. The van der Waals surface area contributed by atoms with Crippen molar-refractivity contribution in [1.82, 2.24) is 5.32 Å². The molecule has 0 saturated heterocycles. The van der Waals surface area contributed by atoms with Crippen LogP contribution in [-0.2, 0) is 17.8 Å². The van der Waals surface area contributed by atoms with Crippen LogP contribution < -0.4 is 10.1 Å². The van der Waals surface area contributed by atoms with E-state index in [-0.39, 0.29) is 0 Å². The molecule has 0 fully saturated rings. The minimum absolute atomic E-state index is 0.555. The summed E-state index contributed by atoms with van der Waals surface area (Å²) in [7, 11) is 1.69. The molecule has 0 radical (unpaired) electrons. The van der Waals surface area contributed by atoms with Gasteiger partial charge in [0, 0.05) is 25.8 Å². The number of benzene rings is 3. The van der Waals surface area contributed by atoms with Gasteiger partial charge in [0.05, 0.1) is 6.61 Å². The van der Waals surface area contributed by atoms with Crippen LogP contribution in [0.1, 0.15) is 16.7 Å². The Bertz CT molecular complexity index is 829. The smallest absolute Gasteiger partial charge is 0.124 e. The number of fused-ring (bicyclic) bond motifs is 1. The minimum atomic E-state index is 0.555. The van der Waals surface area contributed by atoms with E-state index in [1.165, 1.54) is 27.5 Å². The zero-order valence-corrected chi connectivity index (χ0v) is 14.9. The van der Waals surface area contributed by atoms with E-state index < -0.39 is 0 Å². The highest BCUT2D eigenvalue weighted by Crippen LogP contribution is 2.28. The first-order valence-electron chi connectivity index (χ1n) is 8.67. The first-order valence-corrected chi connectivity index (χ1v) is 8.67. The summed E-state index contributed by atoms with van der Waals surface area (Å²) in [6.07, 6.45) is 0. The van der Waals surface area contributed by atoms with Gasteiger partial charge in [0.1, 0.15) is 12.4 Å². The van der Waals surface area contributed by atoms with Crippen molar-refractivity contribution in [2.24, 2.45) is 0 Å². The highest BCUT2D eigenvalue weighted by molar-refractivity contribution is 5.87. The highest BCUT2D eigenvalue weighted by atomic mass is 16.5. The Kier molecular flexibility index (Phi) is 6.04. The van der Waals surface area contributed by atoms with Crippen molar-refractivity contribution < 1.29 is 9.47 Å². The zero-order valence-electron chi connectivity index (χ0n) is 14.9. The summed E-state index contributed by atoms with van der Waals surface area (Å²) in [4.78, 5) is 0. The summed E-state index contributed by atoms with van der Waals surface area (Å²) >= 11 is 0. The number of methoxy groups -OCH3 is 1. The third-order valence-corrected chi connectivity index (χ3v) is 4.42. The average molecular weight is 335 g/mol. The number of hydrogen-bond donors (Lipinski definition) is 1. The van der Waals surface area contributed by atoms with Crippen LogP contribution in [0.5, 0.6) is 5.75 Å². The molecule has 3 aromatic rings. The lowest BCUT2D eigenvalue weighted by molar-refractivity contribution is 0.146. The van der Waals surface area contributed by atoms with Crippen molar-refractivity contribution >= 4 is 10.8 Å². The van der Waals surface area contributed by atoms with Crippen molar-refractivity contribution in [3.8, 4) is 5.75 Å². The van der Waals surface area contributed by atoms with E-state index in [9.17, 15) is 0 Å². The summed E-state index contributed by atoms with van der Waals surface area (Å²) < 4.78 is 11.0. The van der Waals surface area contributed by atoms with Gasteiger partial charge in [-0.1, -0.05) is 54.6 Å². The first kappa shape index (κ1) is 17.5. The summed E-state index contributed by atoms with van der Waals surface area (Å²) in [6.45, 7) is 4.89. The molecule has 0 unspecified atom stereocenters. The lowest BCUT2D eigenvalue weighted by atomic mass is 10.0. The van der Waals surface area contributed by atoms with Crippen LogP contribution in [0.25, 0.3) is 10.8 Å². The SMILES string of the molecule is COCCOc1ccc2ccccc2c1CNCc1ccccc1C. The summed E-state index contributed by atoms with van der Waals surface area (Å²) in [5.74, 6) is 0.924. The Morgan fingerprint density at radius 2 is 1.64 bits per heavy atom. The molecule has 0 heterocycles. The highest BCUT2D eigenvalue weighted by Gasteiger charge is 2.09. The molecule has 0 saturated carbocycles. The van der Waals surface area contributed by atoms with Crippen molar-refractivity contribution in [2.75, 3.05) is 20.3 Å². The maximum absolute atomic E-state index is 5.95. The summed E-state index contributed by atoms with van der Waals surface area (Å²) in [6, 6.07) is 21.1. The molecule has 130 valence electrons. The van der Waals surface area contributed by atoms with Gasteiger partial charge >= 0.3 is 0 Å². The molecular weight excluding hydrogens is 310 g/mol. The molecule has 0 aliphatic rings. The van der Waals surface area contributed by atoms with Crippen LogP contribution in [0.3, 0.4) is 0 Å². The van der Waals surface area contributed by atoms with Gasteiger partial charge in [-0.15, -0.1) is 0 Å². The van der Waals surface area contributed by atoms with Gasteiger partial charge in [-0.25, -0.2) is 0 Å². The average Bonchev–Trinajstić information content (AvgIpc) is 2.64. The normalized spacial score (nSPS) is 11.0. The zero-order chi connectivity index (χ0) is 17.5. The molecule has 0 bridgehead atoms. The fourth-order valence-corrected chi connectivity index (χ4v) is 3.00. The molecule has 25 heavy (non-hydrogen) atoms. The minimum Gasteiger partial charge on any atom is -0.491 e. The van der Waals surface area contributed by atoms with Gasteiger partial charge in [0.15, 0.2) is 0 Å². The van der Waals surface area contributed by atoms with Crippen LogP contribution in [0, 0.1) is 6.92 Å². The van der Waals surface area contributed by atoms with E-state index >= 15 is 0 Å². The van der Waals surface area contributed by atoms with E-state index in [1.807, 2.05) is 0 Å². The van der Waals surface area contributed by atoms with E-state index in [0.717, 1.165) is 18.8 Å². The van der Waals surface area contributed by atoms with Crippen LogP contribution in [0.15, 0.2) is 60.7 Å². The first-order chi connectivity index (χ1) is 12.3. The maximum atomic E-state index is 5.95. The van der Waals surface area contributed by atoms with Crippen molar-refractivity contribution in [1.29, 1.82) is 0 Å². The molecule has 0 amide bonds. The van der Waals surface area contributed by atoms with E-state index in [2.05, 4.69) is 72.9 Å². The van der Waals surface area contributed by atoms with Gasteiger partial charge in [-0.05, 0) is 34.9 Å². The van der Waals surface area contributed by atoms with Gasteiger partial charge in [-0.3, -0.25) is 0 Å². The van der Waals surface area contributed by atoms with Crippen LogP contribution in [0.4, 0.5) is 0 Å². The van der Waals surface area contributed by atoms with E-state index in [1.54, 1.807) is 7.11 Å². The molecule has 3 heteroatoms. The van der Waals surface area contributed by atoms with Gasteiger partial charge < -0.3 is 14.8 Å². The predicted octanol–water partition coefficient (Wildman–Crippen LogP) is 4.46. The Morgan fingerprint density at radius 1 is 0.840 bits per heavy atom. The third-order valence-electron chi connectivity index (χ3n) is 4.42. The lowest BCUT2D eigenvalue weighted by Gasteiger charge is -2.15. The molecular formula is C22H25NO2. The second-order valence-corrected chi connectivity index (χ2v) is 6.13.